The molecule has 0 radical (unpaired) electrons. The minimum absolute atomic E-state index is 0.266. The highest BCUT2D eigenvalue weighted by atomic mass is 19.1. The van der Waals surface area contributed by atoms with E-state index in [9.17, 15) is 9.65 Å². The minimum Gasteiger partial charge on any atom is -0.379 e. The zero-order chi connectivity index (χ0) is 23.3. The monoisotopic (exact) mass is 460 g/mol. The molecule has 5 rings (SSSR count). The minimum atomic E-state index is -0.883. The van der Waals surface area contributed by atoms with E-state index in [1.165, 1.54) is 0 Å². The zero-order valence-electron chi connectivity index (χ0n) is 18.7. The summed E-state index contributed by atoms with van der Waals surface area (Å²) < 4.78 is 19.0. The van der Waals surface area contributed by atoms with Crippen LogP contribution in [0.4, 0.5) is 21.8 Å². The third kappa shape index (κ3) is 5.11. The normalized spacial score (nSPS) is 18.6. The second kappa shape index (κ2) is 10.1. The Balaban J connectivity index is 1.28. The molecule has 2 fully saturated rings. The summed E-state index contributed by atoms with van der Waals surface area (Å²) in [6, 6.07) is 9.63. The van der Waals surface area contributed by atoms with Gasteiger partial charge in [-0.3, -0.25) is 9.88 Å². The molecule has 10 heteroatoms. The molecule has 3 aromatic rings. The Morgan fingerprint density at radius 3 is 2.74 bits per heavy atom. The van der Waals surface area contributed by atoms with Crippen LogP contribution in [0.3, 0.4) is 0 Å². The summed E-state index contributed by atoms with van der Waals surface area (Å²) in [7, 11) is 0. The summed E-state index contributed by atoms with van der Waals surface area (Å²) in [5, 5.41) is 12.8. The fourth-order valence-corrected chi connectivity index (χ4v) is 4.13. The number of nitrogens with one attached hydrogen (secondary N) is 1. The summed E-state index contributed by atoms with van der Waals surface area (Å²) in [5.41, 5.74) is 3.51. The van der Waals surface area contributed by atoms with Gasteiger partial charge in [-0.1, -0.05) is 0 Å². The average molecular weight is 461 g/mol. The van der Waals surface area contributed by atoms with Crippen molar-refractivity contribution in [3.63, 3.8) is 0 Å². The molecule has 1 unspecified atom stereocenters. The number of nitrogens with zero attached hydrogens (tertiary/aromatic N) is 7. The zero-order valence-corrected chi connectivity index (χ0v) is 18.7. The molecule has 174 valence electrons. The van der Waals surface area contributed by atoms with Gasteiger partial charge in [0.15, 0.2) is 0 Å². The number of hydrogen-bond acceptors (Lipinski definition) is 9. The number of morpholine rings is 1. The first-order valence-corrected chi connectivity index (χ1v) is 11.3. The van der Waals surface area contributed by atoms with Crippen LogP contribution >= 0.6 is 0 Å². The van der Waals surface area contributed by atoms with Crippen LogP contribution in [0.5, 0.6) is 0 Å². The lowest BCUT2D eigenvalue weighted by atomic mass is 10.1. The highest BCUT2D eigenvalue weighted by Crippen LogP contribution is 2.27. The number of nitriles is 1. The van der Waals surface area contributed by atoms with Gasteiger partial charge in [-0.2, -0.15) is 5.26 Å². The Morgan fingerprint density at radius 1 is 1.12 bits per heavy atom. The third-order valence-corrected chi connectivity index (χ3v) is 5.94. The van der Waals surface area contributed by atoms with Gasteiger partial charge in [0.2, 0.25) is 5.95 Å². The topological polar surface area (TPSA) is 103 Å². The second-order valence-electron chi connectivity index (χ2n) is 8.36. The van der Waals surface area contributed by atoms with Crippen LogP contribution in [0.25, 0.3) is 11.3 Å². The van der Waals surface area contributed by atoms with Gasteiger partial charge in [-0.25, -0.2) is 19.3 Å². The number of halogens is 1. The first-order valence-electron chi connectivity index (χ1n) is 11.3. The molecule has 34 heavy (non-hydrogen) atoms. The largest absolute Gasteiger partial charge is 0.379 e. The van der Waals surface area contributed by atoms with Gasteiger partial charge in [0.25, 0.3) is 0 Å². The maximum atomic E-state index is 13.6. The molecule has 2 saturated heterocycles. The summed E-state index contributed by atoms with van der Waals surface area (Å²) in [4.78, 5) is 22.0. The molecule has 0 bridgehead atoms. The van der Waals surface area contributed by atoms with Crippen molar-refractivity contribution < 1.29 is 9.13 Å². The molecular formula is C24H25FN8O. The summed E-state index contributed by atoms with van der Waals surface area (Å²) in [5.74, 6) is 0.935. The summed E-state index contributed by atoms with van der Waals surface area (Å²) >= 11 is 0. The van der Waals surface area contributed by atoms with E-state index in [0.717, 1.165) is 44.2 Å². The first kappa shape index (κ1) is 22.1. The molecule has 5 heterocycles. The van der Waals surface area contributed by atoms with E-state index in [1.807, 2.05) is 17.0 Å². The lowest BCUT2D eigenvalue weighted by Crippen LogP contribution is -2.35. The van der Waals surface area contributed by atoms with Crippen LogP contribution in [0.1, 0.15) is 17.7 Å². The predicted molar refractivity (Wildman–Crippen MR) is 125 cm³/mol. The van der Waals surface area contributed by atoms with Gasteiger partial charge >= 0.3 is 0 Å². The highest BCUT2D eigenvalue weighted by Gasteiger charge is 2.25. The van der Waals surface area contributed by atoms with Crippen molar-refractivity contribution in [3.05, 3.63) is 54.1 Å². The van der Waals surface area contributed by atoms with Gasteiger partial charge in [0.05, 0.1) is 48.6 Å². The SMILES string of the molecule is N#Cc1cc(-c2ccnc(Nc3ccc(CN4CCOCC4)nc3)n2)cnc1N1CCC(F)C1. The van der Waals surface area contributed by atoms with Gasteiger partial charge < -0.3 is 15.0 Å². The van der Waals surface area contributed by atoms with Crippen LogP contribution in [0.15, 0.2) is 42.9 Å². The average Bonchev–Trinajstić information content (AvgIpc) is 3.31. The van der Waals surface area contributed by atoms with Crippen molar-refractivity contribution in [2.75, 3.05) is 49.6 Å². The Labute approximate surface area is 197 Å². The van der Waals surface area contributed by atoms with E-state index >= 15 is 0 Å². The molecule has 2 aliphatic heterocycles. The van der Waals surface area contributed by atoms with E-state index in [4.69, 9.17) is 4.74 Å². The smallest absolute Gasteiger partial charge is 0.227 e. The predicted octanol–water partition coefficient (Wildman–Crippen LogP) is 2.93. The second-order valence-corrected chi connectivity index (χ2v) is 8.36. The van der Waals surface area contributed by atoms with Crippen LogP contribution in [0, 0.1) is 11.3 Å². The van der Waals surface area contributed by atoms with Crippen molar-refractivity contribution in [3.8, 4) is 17.3 Å². The molecule has 1 atom stereocenters. The van der Waals surface area contributed by atoms with Gasteiger partial charge in [0, 0.05) is 44.1 Å². The van der Waals surface area contributed by atoms with Crippen LogP contribution < -0.4 is 10.2 Å². The van der Waals surface area contributed by atoms with Gasteiger partial charge in [-0.15, -0.1) is 0 Å². The molecule has 2 aliphatic rings. The maximum Gasteiger partial charge on any atom is 0.227 e. The standard InChI is InChI=1S/C24H25FN8O/c25-19-4-6-33(15-19)23-17(12-26)11-18(13-29-23)22-3-5-27-24(31-22)30-20-1-2-21(28-14-20)16-32-7-9-34-10-8-32/h1-3,5,11,13-14,19H,4,6-10,15-16H2,(H,27,30,31). The van der Waals surface area contributed by atoms with E-state index in [1.54, 1.807) is 30.7 Å². The number of aromatic nitrogens is 4. The molecule has 0 aromatic carbocycles. The number of anilines is 3. The van der Waals surface area contributed by atoms with Crippen molar-refractivity contribution in [1.82, 2.24) is 24.8 Å². The van der Waals surface area contributed by atoms with Gasteiger partial charge in [-0.05, 0) is 30.7 Å². The lowest BCUT2D eigenvalue weighted by Gasteiger charge is -2.26. The fourth-order valence-electron chi connectivity index (χ4n) is 4.13. The molecule has 0 aliphatic carbocycles. The molecule has 9 nitrogen and oxygen atoms in total. The number of ether oxygens (including phenoxy) is 1. The number of rotatable bonds is 6. The van der Waals surface area contributed by atoms with Crippen LogP contribution in [-0.2, 0) is 11.3 Å². The maximum absolute atomic E-state index is 13.6. The van der Waals surface area contributed by atoms with Crippen molar-refractivity contribution in [1.29, 1.82) is 5.26 Å². The van der Waals surface area contributed by atoms with E-state index in [-0.39, 0.29) is 6.54 Å². The molecule has 0 amide bonds. The quantitative estimate of drug-likeness (QED) is 0.595. The molecule has 0 spiro atoms. The summed E-state index contributed by atoms with van der Waals surface area (Å²) in [6.45, 7) is 4.98. The Hall–Kier alpha value is -3.68. The number of hydrogen-bond donors (Lipinski definition) is 1. The highest BCUT2D eigenvalue weighted by molar-refractivity contribution is 5.67. The third-order valence-electron chi connectivity index (χ3n) is 5.94. The van der Waals surface area contributed by atoms with E-state index in [0.29, 0.717) is 41.6 Å². The van der Waals surface area contributed by atoms with Crippen LogP contribution in [0.2, 0.25) is 0 Å². The molecule has 1 N–H and O–H groups in total. The molecule has 3 aromatic heterocycles. The van der Waals surface area contributed by atoms with E-state index in [2.05, 4.69) is 36.2 Å². The molecular weight excluding hydrogens is 435 g/mol. The van der Waals surface area contributed by atoms with Crippen molar-refractivity contribution in [2.45, 2.75) is 19.1 Å². The first-order chi connectivity index (χ1) is 16.7. The number of alkyl halides is 1. The lowest BCUT2D eigenvalue weighted by molar-refractivity contribution is 0.0336. The van der Waals surface area contributed by atoms with E-state index < -0.39 is 6.17 Å². The summed E-state index contributed by atoms with van der Waals surface area (Å²) in [6.07, 6.45) is 4.66. The van der Waals surface area contributed by atoms with Crippen molar-refractivity contribution >= 4 is 17.5 Å². The van der Waals surface area contributed by atoms with Crippen LogP contribution in [-0.4, -0.2) is 70.4 Å². The number of pyridine rings is 2. The Morgan fingerprint density at radius 2 is 2.00 bits per heavy atom. The van der Waals surface area contributed by atoms with Gasteiger partial charge in [0.1, 0.15) is 18.1 Å². The Bertz CT molecular complexity index is 1180. The molecule has 0 saturated carbocycles. The van der Waals surface area contributed by atoms with Crippen molar-refractivity contribution in [2.24, 2.45) is 0 Å². The Kier molecular flexibility index (Phi) is 6.56. The fraction of sp³-hybridized carbons (Fsp3) is 0.375.